The molecule has 0 aromatic carbocycles. The van der Waals surface area contributed by atoms with Crippen molar-refractivity contribution in [1.82, 2.24) is 9.78 Å². The third-order valence-corrected chi connectivity index (χ3v) is 3.28. The summed E-state index contributed by atoms with van der Waals surface area (Å²) >= 11 is 0. The summed E-state index contributed by atoms with van der Waals surface area (Å²) in [6, 6.07) is 2.42. The molecule has 0 atom stereocenters. The van der Waals surface area contributed by atoms with Crippen LogP contribution in [-0.4, -0.2) is 27.3 Å². The van der Waals surface area contributed by atoms with Crippen LogP contribution in [0.3, 0.4) is 0 Å². The Morgan fingerprint density at radius 2 is 2.32 bits per heavy atom. The van der Waals surface area contributed by atoms with Crippen LogP contribution in [0.2, 0.25) is 0 Å². The zero-order valence-electron chi connectivity index (χ0n) is 11.2. The minimum atomic E-state index is -0.369. The summed E-state index contributed by atoms with van der Waals surface area (Å²) in [6.45, 7) is 4.67. The van der Waals surface area contributed by atoms with Gasteiger partial charge in [0, 0.05) is 19.1 Å². The SMILES string of the molecule is CCn1nc(C)c([N+](=O)[O-])c1N(CCC#N)C1CC1. The summed E-state index contributed by atoms with van der Waals surface area (Å²) in [6.07, 6.45) is 2.41. The van der Waals surface area contributed by atoms with Gasteiger partial charge in [0.05, 0.1) is 17.4 Å². The molecule has 0 radical (unpaired) electrons. The molecule has 1 fully saturated rings. The van der Waals surface area contributed by atoms with E-state index in [1.165, 1.54) is 0 Å². The summed E-state index contributed by atoms with van der Waals surface area (Å²) in [7, 11) is 0. The smallest absolute Gasteiger partial charge is 0.333 e. The summed E-state index contributed by atoms with van der Waals surface area (Å²) in [5.74, 6) is 0.558. The van der Waals surface area contributed by atoms with Gasteiger partial charge in [-0.1, -0.05) is 0 Å². The van der Waals surface area contributed by atoms with Gasteiger partial charge in [0.25, 0.3) is 0 Å². The van der Waals surface area contributed by atoms with Crippen molar-refractivity contribution in [2.75, 3.05) is 11.4 Å². The molecule has 0 aliphatic heterocycles. The van der Waals surface area contributed by atoms with Crippen LogP contribution in [-0.2, 0) is 6.54 Å². The Morgan fingerprint density at radius 1 is 1.63 bits per heavy atom. The fourth-order valence-electron chi connectivity index (χ4n) is 2.30. The summed E-state index contributed by atoms with van der Waals surface area (Å²) < 4.78 is 1.67. The van der Waals surface area contributed by atoms with Crippen molar-refractivity contribution >= 4 is 11.5 Å². The summed E-state index contributed by atoms with van der Waals surface area (Å²) in [5, 5.41) is 24.2. The minimum absolute atomic E-state index is 0.0756. The number of hydrogen-bond acceptors (Lipinski definition) is 5. The molecule has 0 saturated heterocycles. The Morgan fingerprint density at radius 3 is 2.79 bits per heavy atom. The first-order chi connectivity index (χ1) is 9.10. The van der Waals surface area contributed by atoms with Gasteiger partial charge in [-0.3, -0.25) is 10.1 Å². The van der Waals surface area contributed by atoms with Crippen molar-refractivity contribution in [1.29, 1.82) is 5.26 Å². The van der Waals surface area contributed by atoms with Crippen molar-refractivity contribution in [2.45, 2.75) is 45.7 Å². The van der Waals surface area contributed by atoms with Crippen LogP contribution in [0.25, 0.3) is 0 Å². The number of aromatic nitrogens is 2. The number of nitrogens with zero attached hydrogens (tertiary/aromatic N) is 5. The largest absolute Gasteiger partial charge is 0.347 e. The second-order valence-electron chi connectivity index (χ2n) is 4.66. The Labute approximate surface area is 111 Å². The Bertz CT molecular complexity index is 527. The predicted molar refractivity (Wildman–Crippen MR) is 69.9 cm³/mol. The van der Waals surface area contributed by atoms with Gasteiger partial charge in [0.2, 0.25) is 5.82 Å². The average molecular weight is 263 g/mol. The molecule has 102 valence electrons. The van der Waals surface area contributed by atoms with E-state index in [2.05, 4.69) is 11.2 Å². The van der Waals surface area contributed by atoms with E-state index in [0.29, 0.717) is 37.1 Å². The second-order valence-corrected chi connectivity index (χ2v) is 4.66. The van der Waals surface area contributed by atoms with Gasteiger partial charge < -0.3 is 4.90 Å². The molecule has 0 spiro atoms. The number of aryl methyl sites for hydroxylation is 2. The van der Waals surface area contributed by atoms with Crippen LogP contribution in [0.5, 0.6) is 0 Å². The van der Waals surface area contributed by atoms with Gasteiger partial charge in [-0.05, 0) is 26.7 Å². The van der Waals surface area contributed by atoms with E-state index in [9.17, 15) is 10.1 Å². The molecule has 1 saturated carbocycles. The number of rotatable bonds is 6. The molecule has 2 rings (SSSR count). The highest BCUT2D eigenvalue weighted by atomic mass is 16.6. The Balaban J connectivity index is 2.44. The number of hydrogen-bond donors (Lipinski definition) is 0. The summed E-state index contributed by atoms with van der Waals surface area (Å²) in [4.78, 5) is 12.9. The van der Waals surface area contributed by atoms with Crippen molar-refractivity contribution in [3.05, 3.63) is 15.8 Å². The second kappa shape index (κ2) is 5.26. The normalized spacial score (nSPS) is 14.2. The number of nitriles is 1. The third kappa shape index (κ3) is 2.52. The third-order valence-electron chi connectivity index (χ3n) is 3.28. The van der Waals surface area contributed by atoms with Gasteiger partial charge in [-0.2, -0.15) is 10.4 Å². The van der Waals surface area contributed by atoms with Crippen LogP contribution in [0.15, 0.2) is 0 Å². The summed E-state index contributed by atoms with van der Waals surface area (Å²) in [5.41, 5.74) is 0.510. The Kier molecular flexibility index (Phi) is 3.69. The van der Waals surface area contributed by atoms with E-state index in [-0.39, 0.29) is 10.6 Å². The zero-order chi connectivity index (χ0) is 14.0. The molecule has 7 heteroatoms. The van der Waals surface area contributed by atoms with Crippen LogP contribution in [0, 0.1) is 28.4 Å². The van der Waals surface area contributed by atoms with Gasteiger partial charge in [0.15, 0.2) is 0 Å². The molecule has 1 aromatic rings. The number of anilines is 1. The van der Waals surface area contributed by atoms with Crippen LogP contribution < -0.4 is 4.90 Å². The first-order valence-corrected chi connectivity index (χ1v) is 6.45. The van der Waals surface area contributed by atoms with Crippen molar-refractivity contribution in [2.24, 2.45) is 0 Å². The maximum Gasteiger partial charge on any atom is 0.333 e. The van der Waals surface area contributed by atoms with Gasteiger partial charge in [-0.15, -0.1) is 0 Å². The molecule has 1 aliphatic rings. The van der Waals surface area contributed by atoms with Crippen LogP contribution in [0.1, 0.15) is 31.9 Å². The lowest BCUT2D eigenvalue weighted by molar-refractivity contribution is -0.384. The maximum atomic E-state index is 11.3. The molecule has 19 heavy (non-hydrogen) atoms. The molecule has 0 bridgehead atoms. The van der Waals surface area contributed by atoms with Gasteiger partial charge >= 0.3 is 5.69 Å². The quantitative estimate of drug-likeness (QED) is 0.578. The molecule has 0 unspecified atom stereocenters. The average Bonchev–Trinajstić information content (AvgIpc) is 3.13. The first kappa shape index (κ1) is 13.3. The zero-order valence-corrected chi connectivity index (χ0v) is 11.2. The van der Waals surface area contributed by atoms with Gasteiger partial charge in [0.1, 0.15) is 5.69 Å². The van der Waals surface area contributed by atoms with E-state index >= 15 is 0 Å². The molecule has 1 aliphatic carbocycles. The lowest BCUT2D eigenvalue weighted by atomic mass is 10.3. The van der Waals surface area contributed by atoms with Crippen molar-refractivity contribution in [3.63, 3.8) is 0 Å². The topological polar surface area (TPSA) is 88.0 Å². The van der Waals surface area contributed by atoms with Gasteiger partial charge in [-0.25, -0.2) is 4.68 Å². The molecule has 7 nitrogen and oxygen atoms in total. The molecule has 1 heterocycles. The highest BCUT2D eigenvalue weighted by molar-refractivity contribution is 5.62. The first-order valence-electron chi connectivity index (χ1n) is 6.45. The van der Waals surface area contributed by atoms with Crippen LogP contribution in [0.4, 0.5) is 11.5 Å². The van der Waals surface area contributed by atoms with Crippen molar-refractivity contribution < 1.29 is 4.92 Å². The minimum Gasteiger partial charge on any atom is -0.347 e. The highest BCUT2D eigenvalue weighted by Crippen LogP contribution is 2.38. The lowest BCUT2D eigenvalue weighted by Crippen LogP contribution is -2.29. The van der Waals surface area contributed by atoms with Crippen molar-refractivity contribution in [3.8, 4) is 6.07 Å². The fourth-order valence-corrected chi connectivity index (χ4v) is 2.30. The molecular weight excluding hydrogens is 246 g/mol. The molecular formula is C12H17N5O2. The number of nitro groups is 1. The van der Waals surface area contributed by atoms with E-state index in [1.54, 1.807) is 11.6 Å². The lowest BCUT2D eigenvalue weighted by Gasteiger charge is -2.23. The van der Waals surface area contributed by atoms with E-state index in [4.69, 9.17) is 5.26 Å². The molecule has 0 amide bonds. The standard InChI is InChI=1S/C12H17N5O2/c1-3-16-12(11(17(18)19)9(2)14-16)15(8-4-7-13)10-5-6-10/h10H,3-6,8H2,1-2H3. The molecule has 0 N–H and O–H groups in total. The monoisotopic (exact) mass is 263 g/mol. The maximum absolute atomic E-state index is 11.3. The van der Waals surface area contributed by atoms with Crippen LogP contribution >= 0.6 is 0 Å². The van der Waals surface area contributed by atoms with E-state index in [0.717, 1.165) is 12.8 Å². The predicted octanol–water partition coefficient (Wildman–Crippen LogP) is 2.00. The van der Waals surface area contributed by atoms with E-state index in [1.807, 2.05) is 11.8 Å². The fraction of sp³-hybridized carbons (Fsp3) is 0.667. The highest BCUT2D eigenvalue weighted by Gasteiger charge is 2.37. The molecule has 1 aromatic heterocycles. The van der Waals surface area contributed by atoms with E-state index < -0.39 is 0 Å². The Hall–Kier alpha value is -2.10.